The fourth-order valence-corrected chi connectivity index (χ4v) is 3.17. The minimum absolute atomic E-state index is 0.281. The van der Waals surface area contributed by atoms with Crippen LogP contribution < -0.4 is 0 Å². The van der Waals surface area contributed by atoms with Crippen molar-refractivity contribution in [1.82, 2.24) is 19.7 Å². The minimum Gasteiger partial charge on any atom is -0.340 e. The number of hydrogen-bond donors (Lipinski definition) is 0. The number of rotatable bonds is 3. The average Bonchev–Trinajstić information content (AvgIpc) is 3.03. The molecule has 1 amide bonds. The minimum atomic E-state index is 0.281. The second kappa shape index (κ2) is 6.20. The summed E-state index contributed by atoms with van der Waals surface area (Å²) in [7, 11) is 0. The molecule has 1 atom stereocenters. The standard InChI is InChI=1S/C15H22N4O/c20-15(9-13-5-2-1-3-6-13)18-8-4-7-14(10-18)19-12-16-11-17-19/h5,11-12,14H,1-4,6-10H2/t14-/m0/s1. The van der Waals surface area contributed by atoms with Crippen molar-refractivity contribution in [3.8, 4) is 0 Å². The number of allylic oxidation sites excluding steroid dienone is 1. The van der Waals surface area contributed by atoms with Crippen LogP contribution in [0.1, 0.15) is 51.0 Å². The van der Waals surface area contributed by atoms with Gasteiger partial charge in [0, 0.05) is 19.5 Å². The number of hydrogen-bond acceptors (Lipinski definition) is 3. The van der Waals surface area contributed by atoms with Gasteiger partial charge in [-0.1, -0.05) is 11.6 Å². The van der Waals surface area contributed by atoms with Crippen LogP contribution in [0.5, 0.6) is 0 Å². The number of carbonyl (C=O) groups is 1. The van der Waals surface area contributed by atoms with E-state index in [4.69, 9.17) is 0 Å². The highest BCUT2D eigenvalue weighted by Gasteiger charge is 2.25. The van der Waals surface area contributed by atoms with Gasteiger partial charge in [0.15, 0.2) is 0 Å². The van der Waals surface area contributed by atoms with Gasteiger partial charge in [-0.2, -0.15) is 5.10 Å². The molecule has 1 aliphatic heterocycles. The molecule has 0 N–H and O–H groups in total. The van der Waals surface area contributed by atoms with E-state index in [1.54, 1.807) is 12.7 Å². The van der Waals surface area contributed by atoms with Crippen molar-refractivity contribution in [2.75, 3.05) is 13.1 Å². The van der Waals surface area contributed by atoms with Crippen LogP contribution in [0.3, 0.4) is 0 Å². The van der Waals surface area contributed by atoms with Crippen molar-refractivity contribution in [3.05, 3.63) is 24.3 Å². The predicted octanol–water partition coefficient (Wildman–Crippen LogP) is 2.33. The summed E-state index contributed by atoms with van der Waals surface area (Å²) in [5, 5.41) is 4.21. The summed E-state index contributed by atoms with van der Waals surface area (Å²) in [6, 6.07) is 0.288. The lowest BCUT2D eigenvalue weighted by Gasteiger charge is -2.33. The molecule has 0 radical (unpaired) electrons. The number of likely N-dealkylation sites (tertiary alicyclic amines) is 1. The zero-order valence-electron chi connectivity index (χ0n) is 11.9. The Morgan fingerprint density at radius 3 is 3.05 bits per heavy atom. The van der Waals surface area contributed by atoms with E-state index in [1.807, 2.05) is 9.58 Å². The summed E-state index contributed by atoms with van der Waals surface area (Å²) in [6.07, 6.45) is 13.1. The van der Waals surface area contributed by atoms with E-state index in [1.165, 1.54) is 18.4 Å². The Labute approximate surface area is 119 Å². The first-order chi connectivity index (χ1) is 9.83. The van der Waals surface area contributed by atoms with E-state index in [-0.39, 0.29) is 11.9 Å². The number of carbonyl (C=O) groups excluding carboxylic acids is 1. The normalized spacial score (nSPS) is 23.5. The molecule has 1 aromatic heterocycles. The quantitative estimate of drug-likeness (QED) is 0.795. The van der Waals surface area contributed by atoms with E-state index in [9.17, 15) is 4.79 Å². The van der Waals surface area contributed by atoms with E-state index >= 15 is 0 Å². The Morgan fingerprint density at radius 2 is 2.30 bits per heavy atom. The molecule has 0 aromatic carbocycles. The van der Waals surface area contributed by atoms with Crippen LogP contribution in [0.2, 0.25) is 0 Å². The monoisotopic (exact) mass is 274 g/mol. The Bertz CT molecular complexity index is 480. The molecule has 0 unspecified atom stereocenters. The zero-order chi connectivity index (χ0) is 13.8. The first kappa shape index (κ1) is 13.3. The van der Waals surface area contributed by atoms with Crippen LogP contribution in [0, 0.1) is 0 Å². The molecular weight excluding hydrogens is 252 g/mol. The predicted molar refractivity (Wildman–Crippen MR) is 76.0 cm³/mol. The maximum atomic E-state index is 12.4. The molecule has 1 fully saturated rings. The van der Waals surface area contributed by atoms with Crippen LogP contribution in [-0.4, -0.2) is 38.7 Å². The molecule has 1 aliphatic carbocycles. The van der Waals surface area contributed by atoms with Crippen LogP contribution in [0.25, 0.3) is 0 Å². The number of aromatic nitrogens is 3. The molecule has 0 spiro atoms. The van der Waals surface area contributed by atoms with Gasteiger partial charge in [-0.25, -0.2) is 9.67 Å². The molecule has 0 saturated carbocycles. The van der Waals surface area contributed by atoms with Crippen molar-refractivity contribution < 1.29 is 4.79 Å². The highest BCUT2D eigenvalue weighted by molar-refractivity contribution is 5.78. The van der Waals surface area contributed by atoms with Crippen LogP contribution in [-0.2, 0) is 4.79 Å². The summed E-state index contributed by atoms with van der Waals surface area (Å²) in [6.45, 7) is 1.66. The van der Waals surface area contributed by atoms with Crippen molar-refractivity contribution in [1.29, 1.82) is 0 Å². The maximum Gasteiger partial charge on any atom is 0.226 e. The molecular formula is C15H22N4O. The molecule has 2 heterocycles. The Balaban J connectivity index is 1.58. The molecule has 20 heavy (non-hydrogen) atoms. The van der Waals surface area contributed by atoms with Crippen LogP contribution in [0.15, 0.2) is 24.3 Å². The van der Waals surface area contributed by atoms with Gasteiger partial charge in [0.1, 0.15) is 12.7 Å². The van der Waals surface area contributed by atoms with E-state index in [0.29, 0.717) is 6.42 Å². The third kappa shape index (κ3) is 3.08. The van der Waals surface area contributed by atoms with Gasteiger partial charge in [0.25, 0.3) is 0 Å². The number of amides is 1. The fraction of sp³-hybridized carbons (Fsp3) is 0.667. The summed E-state index contributed by atoms with van der Waals surface area (Å²) >= 11 is 0. The molecule has 0 bridgehead atoms. The zero-order valence-corrected chi connectivity index (χ0v) is 11.9. The molecule has 5 heteroatoms. The summed E-state index contributed by atoms with van der Waals surface area (Å²) in [5.74, 6) is 0.281. The van der Waals surface area contributed by atoms with Gasteiger partial charge in [0.05, 0.1) is 6.04 Å². The lowest BCUT2D eigenvalue weighted by Crippen LogP contribution is -2.41. The van der Waals surface area contributed by atoms with Crippen molar-refractivity contribution in [2.24, 2.45) is 0 Å². The third-order valence-corrected chi connectivity index (χ3v) is 4.32. The summed E-state index contributed by atoms with van der Waals surface area (Å²) in [5.41, 5.74) is 1.34. The maximum absolute atomic E-state index is 12.4. The van der Waals surface area contributed by atoms with Gasteiger partial charge >= 0.3 is 0 Å². The third-order valence-electron chi connectivity index (χ3n) is 4.32. The average molecular weight is 274 g/mol. The van der Waals surface area contributed by atoms with Crippen LogP contribution in [0.4, 0.5) is 0 Å². The van der Waals surface area contributed by atoms with Crippen LogP contribution >= 0.6 is 0 Å². The van der Waals surface area contributed by atoms with Gasteiger partial charge in [-0.15, -0.1) is 0 Å². The molecule has 1 saturated heterocycles. The van der Waals surface area contributed by atoms with Crippen molar-refractivity contribution in [2.45, 2.75) is 51.0 Å². The summed E-state index contributed by atoms with van der Waals surface area (Å²) < 4.78 is 1.89. The highest BCUT2D eigenvalue weighted by Crippen LogP contribution is 2.24. The fourth-order valence-electron chi connectivity index (χ4n) is 3.17. The second-order valence-electron chi connectivity index (χ2n) is 5.80. The van der Waals surface area contributed by atoms with Gasteiger partial charge < -0.3 is 4.90 Å². The lowest BCUT2D eigenvalue weighted by atomic mass is 9.96. The second-order valence-corrected chi connectivity index (χ2v) is 5.80. The smallest absolute Gasteiger partial charge is 0.226 e. The van der Waals surface area contributed by atoms with E-state index in [2.05, 4.69) is 16.2 Å². The topological polar surface area (TPSA) is 51.0 Å². The first-order valence-corrected chi connectivity index (χ1v) is 7.63. The highest BCUT2D eigenvalue weighted by atomic mass is 16.2. The molecule has 108 valence electrons. The molecule has 5 nitrogen and oxygen atoms in total. The van der Waals surface area contributed by atoms with Crippen molar-refractivity contribution in [3.63, 3.8) is 0 Å². The largest absolute Gasteiger partial charge is 0.340 e. The van der Waals surface area contributed by atoms with Gasteiger partial charge in [0.2, 0.25) is 5.91 Å². The SMILES string of the molecule is O=C(CC1=CCCCC1)N1CCC[C@H](n2cncn2)C1. The first-order valence-electron chi connectivity index (χ1n) is 7.63. The molecule has 3 rings (SSSR count). The Morgan fingerprint density at radius 1 is 1.35 bits per heavy atom. The van der Waals surface area contributed by atoms with Gasteiger partial charge in [-0.3, -0.25) is 4.79 Å². The number of nitrogens with zero attached hydrogens (tertiary/aromatic N) is 4. The Kier molecular flexibility index (Phi) is 4.14. The summed E-state index contributed by atoms with van der Waals surface area (Å²) in [4.78, 5) is 18.4. The molecule has 1 aromatic rings. The lowest BCUT2D eigenvalue weighted by molar-refractivity contribution is -0.132. The van der Waals surface area contributed by atoms with E-state index in [0.717, 1.165) is 38.8 Å². The van der Waals surface area contributed by atoms with E-state index < -0.39 is 0 Å². The van der Waals surface area contributed by atoms with Crippen molar-refractivity contribution >= 4 is 5.91 Å². The Hall–Kier alpha value is -1.65. The van der Waals surface area contributed by atoms with Gasteiger partial charge in [-0.05, 0) is 38.5 Å². The molecule has 2 aliphatic rings. The number of piperidine rings is 1.